The zero-order chi connectivity index (χ0) is 15.2. The fraction of sp³-hybridized carbons (Fsp3) is 0.231. The topological polar surface area (TPSA) is 118 Å². The summed E-state index contributed by atoms with van der Waals surface area (Å²) in [7, 11) is 0. The van der Waals surface area contributed by atoms with Crippen LogP contribution in [0.3, 0.4) is 0 Å². The number of carbonyl (C=O) groups is 1. The standard InChI is InChI=1S/C13H16N6O2/c1-9(7-19-5-4-15-8-19)17-13(20)11-3-2-10(6-16-11)12(14)18-21/h2-6,8-9,21H,7H2,1H3,(H2,14,18)(H,17,20). The fourth-order valence-corrected chi connectivity index (χ4v) is 1.79. The molecular weight excluding hydrogens is 272 g/mol. The van der Waals surface area contributed by atoms with Gasteiger partial charge in [0.2, 0.25) is 0 Å². The monoisotopic (exact) mass is 288 g/mol. The summed E-state index contributed by atoms with van der Waals surface area (Å²) in [4.78, 5) is 20.0. The van der Waals surface area contributed by atoms with Gasteiger partial charge in [-0.2, -0.15) is 0 Å². The van der Waals surface area contributed by atoms with Crippen molar-refractivity contribution in [3.8, 4) is 0 Å². The number of nitrogens with one attached hydrogen (secondary N) is 1. The number of rotatable bonds is 5. The van der Waals surface area contributed by atoms with Crippen LogP contribution in [0.5, 0.6) is 0 Å². The molecule has 8 heteroatoms. The second-order valence-corrected chi connectivity index (χ2v) is 4.55. The molecule has 1 unspecified atom stereocenters. The van der Waals surface area contributed by atoms with Crippen LogP contribution >= 0.6 is 0 Å². The number of nitrogens with zero attached hydrogens (tertiary/aromatic N) is 4. The van der Waals surface area contributed by atoms with Gasteiger partial charge in [-0.25, -0.2) is 4.98 Å². The largest absolute Gasteiger partial charge is 0.409 e. The minimum absolute atomic E-state index is 0.0528. The molecule has 0 aliphatic rings. The molecule has 8 nitrogen and oxygen atoms in total. The van der Waals surface area contributed by atoms with Crippen molar-refractivity contribution in [1.82, 2.24) is 19.9 Å². The summed E-state index contributed by atoms with van der Waals surface area (Å²) in [6.07, 6.45) is 6.58. The van der Waals surface area contributed by atoms with Gasteiger partial charge in [0.25, 0.3) is 5.91 Å². The summed E-state index contributed by atoms with van der Waals surface area (Å²) in [6, 6.07) is 3.02. The molecule has 0 radical (unpaired) electrons. The van der Waals surface area contributed by atoms with Gasteiger partial charge in [0.1, 0.15) is 5.69 Å². The highest BCUT2D eigenvalue weighted by atomic mass is 16.4. The van der Waals surface area contributed by atoms with Crippen LogP contribution in [0.15, 0.2) is 42.2 Å². The SMILES string of the molecule is CC(Cn1ccnc1)NC(=O)c1ccc(C(N)=NO)cn1. The van der Waals surface area contributed by atoms with Crippen LogP contribution < -0.4 is 11.1 Å². The Hall–Kier alpha value is -2.90. The normalized spacial score (nSPS) is 12.9. The maximum Gasteiger partial charge on any atom is 0.270 e. The Morgan fingerprint density at radius 1 is 1.57 bits per heavy atom. The third kappa shape index (κ3) is 3.78. The first-order valence-electron chi connectivity index (χ1n) is 6.30. The molecule has 0 aliphatic heterocycles. The quantitative estimate of drug-likeness (QED) is 0.314. The van der Waals surface area contributed by atoms with Crippen LogP contribution in [0, 0.1) is 0 Å². The van der Waals surface area contributed by atoms with Crippen molar-refractivity contribution >= 4 is 11.7 Å². The molecule has 0 saturated heterocycles. The highest BCUT2D eigenvalue weighted by molar-refractivity contribution is 5.98. The number of amidine groups is 1. The van der Waals surface area contributed by atoms with E-state index in [-0.39, 0.29) is 23.5 Å². The third-order valence-corrected chi connectivity index (χ3v) is 2.82. The van der Waals surface area contributed by atoms with Crippen molar-refractivity contribution < 1.29 is 10.0 Å². The van der Waals surface area contributed by atoms with Crippen molar-refractivity contribution in [1.29, 1.82) is 0 Å². The molecular formula is C13H16N6O2. The van der Waals surface area contributed by atoms with E-state index in [1.54, 1.807) is 18.6 Å². The fourth-order valence-electron chi connectivity index (χ4n) is 1.79. The molecule has 0 fully saturated rings. The molecule has 0 bridgehead atoms. The van der Waals surface area contributed by atoms with Gasteiger partial charge in [0.05, 0.1) is 6.33 Å². The van der Waals surface area contributed by atoms with Gasteiger partial charge in [0, 0.05) is 36.7 Å². The van der Waals surface area contributed by atoms with Gasteiger partial charge in [-0.05, 0) is 19.1 Å². The van der Waals surface area contributed by atoms with Crippen LogP contribution in [-0.4, -0.2) is 37.5 Å². The first kappa shape index (κ1) is 14.5. The smallest absolute Gasteiger partial charge is 0.270 e. The van der Waals surface area contributed by atoms with Crippen molar-refractivity contribution in [2.45, 2.75) is 19.5 Å². The average molecular weight is 288 g/mol. The van der Waals surface area contributed by atoms with Crippen molar-refractivity contribution in [3.05, 3.63) is 48.3 Å². The first-order chi connectivity index (χ1) is 10.1. The van der Waals surface area contributed by atoms with Crippen molar-refractivity contribution in [2.24, 2.45) is 10.9 Å². The number of nitrogens with two attached hydrogens (primary N) is 1. The molecule has 110 valence electrons. The van der Waals surface area contributed by atoms with E-state index in [1.807, 2.05) is 17.7 Å². The molecule has 1 amide bonds. The van der Waals surface area contributed by atoms with Gasteiger partial charge >= 0.3 is 0 Å². The predicted octanol–water partition coefficient (Wildman–Crippen LogP) is 0.191. The van der Waals surface area contributed by atoms with Crippen LogP contribution in [0.1, 0.15) is 23.0 Å². The lowest BCUT2D eigenvalue weighted by Gasteiger charge is -2.14. The molecule has 0 aliphatic carbocycles. The molecule has 0 aromatic carbocycles. The number of oxime groups is 1. The highest BCUT2D eigenvalue weighted by Gasteiger charge is 2.12. The lowest BCUT2D eigenvalue weighted by Crippen LogP contribution is -2.36. The first-order valence-corrected chi connectivity index (χ1v) is 6.30. The molecule has 21 heavy (non-hydrogen) atoms. The zero-order valence-corrected chi connectivity index (χ0v) is 11.5. The summed E-state index contributed by atoms with van der Waals surface area (Å²) in [5.41, 5.74) is 6.14. The van der Waals surface area contributed by atoms with E-state index in [0.29, 0.717) is 12.1 Å². The second-order valence-electron chi connectivity index (χ2n) is 4.55. The number of aromatic nitrogens is 3. The Morgan fingerprint density at radius 3 is 2.95 bits per heavy atom. The summed E-state index contributed by atoms with van der Waals surface area (Å²) >= 11 is 0. The Balaban J connectivity index is 1.96. The van der Waals surface area contributed by atoms with Crippen LogP contribution in [-0.2, 0) is 6.54 Å². The summed E-state index contributed by atoms with van der Waals surface area (Å²) in [5.74, 6) is -0.336. The van der Waals surface area contributed by atoms with Crippen LogP contribution in [0.4, 0.5) is 0 Å². The molecule has 2 heterocycles. The van der Waals surface area contributed by atoms with E-state index in [1.165, 1.54) is 12.3 Å². The van der Waals surface area contributed by atoms with E-state index in [2.05, 4.69) is 20.4 Å². The molecule has 0 spiro atoms. The number of hydrogen-bond acceptors (Lipinski definition) is 5. The van der Waals surface area contributed by atoms with E-state index in [9.17, 15) is 4.79 Å². The van der Waals surface area contributed by atoms with Crippen LogP contribution in [0.2, 0.25) is 0 Å². The maximum atomic E-state index is 12.0. The minimum Gasteiger partial charge on any atom is -0.409 e. The molecule has 2 aromatic heterocycles. The van der Waals surface area contributed by atoms with E-state index < -0.39 is 0 Å². The molecule has 1 atom stereocenters. The highest BCUT2D eigenvalue weighted by Crippen LogP contribution is 2.01. The minimum atomic E-state index is -0.284. The number of hydrogen-bond donors (Lipinski definition) is 3. The van der Waals surface area contributed by atoms with Crippen molar-refractivity contribution in [2.75, 3.05) is 0 Å². The zero-order valence-electron chi connectivity index (χ0n) is 11.5. The molecule has 0 saturated carbocycles. The maximum absolute atomic E-state index is 12.0. The van der Waals surface area contributed by atoms with E-state index in [4.69, 9.17) is 10.9 Å². The lowest BCUT2D eigenvalue weighted by molar-refractivity contribution is 0.0931. The number of carbonyl (C=O) groups excluding carboxylic acids is 1. The molecule has 2 rings (SSSR count). The number of amides is 1. The summed E-state index contributed by atoms with van der Waals surface area (Å²) in [6.45, 7) is 2.51. The second kappa shape index (κ2) is 6.51. The number of pyridine rings is 1. The van der Waals surface area contributed by atoms with E-state index >= 15 is 0 Å². The van der Waals surface area contributed by atoms with E-state index in [0.717, 1.165) is 0 Å². The Labute approximate surface area is 121 Å². The van der Waals surface area contributed by atoms with Gasteiger partial charge in [-0.15, -0.1) is 0 Å². The number of imidazole rings is 1. The molecule has 4 N–H and O–H groups in total. The summed E-state index contributed by atoms with van der Waals surface area (Å²) < 4.78 is 1.87. The average Bonchev–Trinajstić information content (AvgIpc) is 2.99. The Bertz CT molecular complexity index is 621. The Morgan fingerprint density at radius 2 is 2.38 bits per heavy atom. The predicted molar refractivity (Wildman–Crippen MR) is 75.9 cm³/mol. The Kier molecular flexibility index (Phi) is 4.50. The lowest BCUT2D eigenvalue weighted by atomic mass is 10.2. The van der Waals surface area contributed by atoms with Crippen molar-refractivity contribution in [3.63, 3.8) is 0 Å². The third-order valence-electron chi connectivity index (χ3n) is 2.82. The van der Waals surface area contributed by atoms with Gasteiger partial charge in [-0.3, -0.25) is 9.78 Å². The van der Waals surface area contributed by atoms with Gasteiger partial charge < -0.3 is 20.8 Å². The van der Waals surface area contributed by atoms with Gasteiger partial charge in [0.15, 0.2) is 5.84 Å². The van der Waals surface area contributed by atoms with Crippen LogP contribution in [0.25, 0.3) is 0 Å². The summed E-state index contributed by atoms with van der Waals surface area (Å²) in [5, 5.41) is 14.3. The van der Waals surface area contributed by atoms with Gasteiger partial charge in [-0.1, -0.05) is 5.16 Å². The molecule has 2 aromatic rings.